The van der Waals surface area contributed by atoms with Crippen molar-refractivity contribution in [3.63, 3.8) is 0 Å². The number of hydrogen-bond acceptors (Lipinski definition) is 3. The topological polar surface area (TPSA) is 48.5 Å². The summed E-state index contributed by atoms with van der Waals surface area (Å²) in [4.78, 5) is 16.5. The zero-order valence-electron chi connectivity index (χ0n) is 28.1. The Bertz CT molecular complexity index is 2430. The quantitative estimate of drug-likeness (QED) is 0.193. The maximum Gasteiger partial charge on any atom is 0.238 e. The Hall–Kier alpha value is -5.29. The van der Waals surface area contributed by atoms with Crippen molar-refractivity contribution in [2.45, 2.75) is 51.4 Å². The predicted molar refractivity (Wildman–Crippen MR) is 201 cm³/mol. The summed E-state index contributed by atoms with van der Waals surface area (Å²) < 4.78 is 4.67. The van der Waals surface area contributed by atoms with Crippen molar-refractivity contribution in [3.05, 3.63) is 127 Å². The standard InChI is InChI=1S/C44H39N5/c1-28-23-30-24-29(2)26-44(25-28,27-30)42-45-41(46-43(47-42)49-38-20-10-5-15-33(38)34-16-6-11-21-39(34)49)35-17-7-12-22-40(35)48-36-18-8-3-13-31(36)32-14-4-9-19-37(32)48/h3-22,28-30H,23-27H2,1-2H3/t28-,29+,30?,44?. The van der Waals surface area contributed by atoms with Crippen molar-refractivity contribution < 1.29 is 0 Å². The van der Waals surface area contributed by atoms with Crippen LogP contribution in [-0.4, -0.2) is 24.1 Å². The van der Waals surface area contributed by atoms with Gasteiger partial charge in [0.1, 0.15) is 5.82 Å². The van der Waals surface area contributed by atoms with Crippen LogP contribution < -0.4 is 0 Å². The zero-order valence-corrected chi connectivity index (χ0v) is 28.1. The Kier molecular flexibility index (Phi) is 6.36. The highest BCUT2D eigenvalue weighted by Crippen LogP contribution is 2.53. The molecular formula is C44H39N5. The molecule has 5 nitrogen and oxygen atoms in total. The fourth-order valence-electron chi connectivity index (χ4n) is 9.98. The number of fused-ring (bicyclic) bond motifs is 8. The number of rotatable bonds is 4. The first kappa shape index (κ1) is 28.7. The molecule has 0 N–H and O–H groups in total. The minimum absolute atomic E-state index is 0.0625. The predicted octanol–water partition coefficient (Wildman–Crippen LogP) is 10.8. The van der Waals surface area contributed by atoms with Crippen LogP contribution in [0.15, 0.2) is 121 Å². The van der Waals surface area contributed by atoms with E-state index in [1.165, 1.54) is 45.4 Å². The molecule has 0 saturated heterocycles. The first-order valence-electron chi connectivity index (χ1n) is 17.9. The lowest BCUT2D eigenvalue weighted by molar-refractivity contribution is 0.0719. The van der Waals surface area contributed by atoms with Crippen LogP contribution in [0.3, 0.4) is 0 Å². The largest absolute Gasteiger partial charge is 0.309 e. The molecule has 8 aromatic rings. The summed E-state index contributed by atoms with van der Waals surface area (Å²) in [5.41, 5.74) is 6.62. The molecular weight excluding hydrogens is 599 g/mol. The second-order valence-electron chi connectivity index (χ2n) is 15.0. The van der Waals surface area contributed by atoms with Gasteiger partial charge in [0.05, 0.1) is 27.8 Å². The summed E-state index contributed by atoms with van der Waals surface area (Å²) in [6, 6.07) is 43.4. The summed E-state index contributed by atoms with van der Waals surface area (Å²) in [7, 11) is 0. The monoisotopic (exact) mass is 637 g/mol. The van der Waals surface area contributed by atoms with Gasteiger partial charge >= 0.3 is 0 Å². The molecule has 0 radical (unpaired) electrons. The van der Waals surface area contributed by atoms with Crippen molar-refractivity contribution in [2.75, 3.05) is 0 Å². The average Bonchev–Trinajstić information content (AvgIpc) is 3.64. The molecule has 2 fully saturated rings. The van der Waals surface area contributed by atoms with Crippen molar-refractivity contribution in [1.29, 1.82) is 0 Å². The smallest absolute Gasteiger partial charge is 0.238 e. The van der Waals surface area contributed by atoms with Crippen LogP contribution in [0.4, 0.5) is 0 Å². The van der Waals surface area contributed by atoms with Gasteiger partial charge in [-0.2, -0.15) is 9.97 Å². The SMILES string of the molecule is C[C@@H]1CC2C[C@H](C)CC(c3nc(-c4ccccc4-n4c5ccccc5c5ccccc54)nc(-n4c5ccccc5c5ccccc54)n3)(C2)C1. The number of benzene rings is 5. The first-order valence-corrected chi connectivity index (χ1v) is 17.9. The molecule has 2 saturated carbocycles. The fourth-order valence-corrected chi connectivity index (χ4v) is 9.98. The van der Waals surface area contributed by atoms with Crippen molar-refractivity contribution >= 4 is 43.6 Å². The van der Waals surface area contributed by atoms with E-state index in [2.05, 4.69) is 144 Å². The Morgan fingerprint density at radius 3 is 1.53 bits per heavy atom. The van der Waals surface area contributed by atoms with Crippen LogP contribution in [-0.2, 0) is 5.41 Å². The normalized spacial score (nSPS) is 22.4. The van der Waals surface area contributed by atoms with E-state index in [1.54, 1.807) is 0 Å². The maximum absolute atomic E-state index is 5.56. The van der Waals surface area contributed by atoms with Crippen LogP contribution in [0, 0.1) is 17.8 Å². The number of nitrogens with zero attached hydrogens (tertiary/aromatic N) is 5. The second kappa shape index (κ2) is 10.9. The molecule has 5 heteroatoms. The molecule has 2 bridgehead atoms. The summed E-state index contributed by atoms with van der Waals surface area (Å²) in [6.45, 7) is 4.87. The lowest BCUT2D eigenvalue weighted by Crippen LogP contribution is -2.43. The lowest BCUT2D eigenvalue weighted by atomic mass is 9.56. The van der Waals surface area contributed by atoms with Gasteiger partial charge in [0.2, 0.25) is 5.95 Å². The van der Waals surface area contributed by atoms with E-state index >= 15 is 0 Å². The molecule has 0 spiro atoms. The van der Waals surface area contributed by atoms with Gasteiger partial charge < -0.3 is 4.57 Å². The van der Waals surface area contributed by atoms with Gasteiger partial charge in [0, 0.05) is 32.5 Å². The van der Waals surface area contributed by atoms with E-state index in [0.717, 1.165) is 53.2 Å². The first-order chi connectivity index (χ1) is 24.1. The van der Waals surface area contributed by atoms with Crippen molar-refractivity contribution in [2.24, 2.45) is 17.8 Å². The average molecular weight is 638 g/mol. The fraction of sp³-hybridized carbons (Fsp3) is 0.250. The third-order valence-corrected chi connectivity index (χ3v) is 11.5. The molecule has 240 valence electrons. The molecule has 2 unspecified atom stereocenters. The van der Waals surface area contributed by atoms with E-state index in [9.17, 15) is 0 Å². The van der Waals surface area contributed by atoms with Crippen LogP contribution in [0.5, 0.6) is 0 Å². The van der Waals surface area contributed by atoms with Crippen LogP contribution >= 0.6 is 0 Å². The highest BCUT2D eigenvalue weighted by Gasteiger charge is 2.47. The van der Waals surface area contributed by atoms with E-state index < -0.39 is 0 Å². The van der Waals surface area contributed by atoms with E-state index in [-0.39, 0.29) is 5.41 Å². The van der Waals surface area contributed by atoms with Crippen molar-refractivity contribution in [1.82, 2.24) is 24.1 Å². The number of hydrogen-bond donors (Lipinski definition) is 0. The van der Waals surface area contributed by atoms with Crippen molar-refractivity contribution in [3.8, 4) is 23.0 Å². The number of para-hydroxylation sites is 5. The molecule has 4 atom stereocenters. The van der Waals surface area contributed by atoms with Gasteiger partial charge in [-0.25, -0.2) is 4.98 Å². The molecule has 3 heterocycles. The van der Waals surface area contributed by atoms with E-state index in [4.69, 9.17) is 15.0 Å². The van der Waals surface area contributed by atoms with Gasteiger partial charge in [-0.3, -0.25) is 4.57 Å². The lowest BCUT2D eigenvalue weighted by Gasteiger charge is -2.49. The van der Waals surface area contributed by atoms with Gasteiger partial charge in [-0.15, -0.1) is 0 Å². The molecule has 2 aliphatic carbocycles. The van der Waals surface area contributed by atoms with Gasteiger partial charge in [-0.1, -0.05) is 98.8 Å². The minimum atomic E-state index is -0.0625. The third-order valence-electron chi connectivity index (χ3n) is 11.5. The molecule has 0 amide bonds. The zero-order chi connectivity index (χ0) is 32.7. The Morgan fingerprint density at radius 2 is 0.980 bits per heavy atom. The molecule has 3 aromatic heterocycles. The summed E-state index contributed by atoms with van der Waals surface area (Å²) in [6.07, 6.45) is 6.02. The van der Waals surface area contributed by atoms with Crippen LogP contribution in [0.2, 0.25) is 0 Å². The van der Waals surface area contributed by atoms with Crippen LogP contribution in [0.25, 0.3) is 66.6 Å². The number of aromatic nitrogens is 5. The van der Waals surface area contributed by atoms with Gasteiger partial charge in [0.25, 0.3) is 0 Å². The molecule has 2 aliphatic rings. The summed E-state index contributed by atoms with van der Waals surface area (Å²) in [5.74, 6) is 4.42. The van der Waals surface area contributed by atoms with E-state index in [1.807, 2.05) is 0 Å². The van der Waals surface area contributed by atoms with Gasteiger partial charge in [0.15, 0.2) is 5.82 Å². The van der Waals surface area contributed by atoms with Crippen LogP contribution in [0.1, 0.15) is 51.8 Å². The third kappa shape index (κ3) is 4.41. The highest BCUT2D eigenvalue weighted by molar-refractivity contribution is 6.10. The highest BCUT2D eigenvalue weighted by atomic mass is 15.2. The maximum atomic E-state index is 5.56. The van der Waals surface area contributed by atoms with Gasteiger partial charge in [-0.05, 0) is 86.3 Å². The summed E-state index contributed by atoms with van der Waals surface area (Å²) >= 11 is 0. The summed E-state index contributed by atoms with van der Waals surface area (Å²) in [5, 5.41) is 4.91. The van der Waals surface area contributed by atoms with E-state index in [0.29, 0.717) is 23.7 Å². The Morgan fingerprint density at radius 1 is 0.510 bits per heavy atom. The molecule has 5 aromatic carbocycles. The molecule has 10 rings (SSSR count). The second-order valence-corrected chi connectivity index (χ2v) is 15.0. The molecule has 49 heavy (non-hydrogen) atoms. The Balaban J connectivity index is 1.28. The molecule has 0 aliphatic heterocycles. The Labute approximate surface area is 286 Å². The minimum Gasteiger partial charge on any atom is -0.309 e.